The van der Waals surface area contributed by atoms with Gasteiger partial charge in [-0.25, -0.2) is 17.7 Å². The summed E-state index contributed by atoms with van der Waals surface area (Å²) >= 11 is 1.60. The van der Waals surface area contributed by atoms with Crippen LogP contribution in [0.4, 0.5) is 5.69 Å². The second-order valence-corrected chi connectivity index (χ2v) is 9.88. The number of sulfonamides is 1. The molecule has 0 radical (unpaired) electrons. The van der Waals surface area contributed by atoms with Crippen molar-refractivity contribution >= 4 is 37.3 Å². The summed E-state index contributed by atoms with van der Waals surface area (Å²) in [7, 11) is -1.46. The molecule has 0 atom stereocenters. The number of nitrogens with zero attached hydrogens (tertiary/aromatic N) is 3. The van der Waals surface area contributed by atoms with Crippen molar-refractivity contribution in [3.8, 4) is 16.5 Å². The van der Waals surface area contributed by atoms with E-state index in [1.807, 2.05) is 30.3 Å². The van der Waals surface area contributed by atoms with Crippen LogP contribution in [-0.2, 0) is 10.0 Å². The van der Waals surface area contributed by atoms with Crippen LogP contribution < -0.4 is 10.1 Å². The SMILES string of the molecule is COc1ccc2sc(-c3cc(NC4CCN(S(C)(=O)=O)CC4)ccn3)nc2c1. The van der Waals surface area contributed by atoms with E-state index in [4.69, 9.17) is 9.72 Å². The molecule has 3 heterocycles. The first-order chi connectivity index (χ1) is 13.4. The highest BCUT2D eigenvalue weighted by Gasteiger charge is 2.24. The van der Waals surface area contributed by atoms with Crippen LogP contribution in [0.15, 0.2) is 36.5 Å². The number of thiazole rings is 1. The lowest BCUT2D eigenvalue weighted by Gasteiger charge is -2.31. The number of hydrogen-bond donors (Lipinski definition) is 1. The number of methoxy groups -OCH3 is 1. The fourth-order valence-electron chi connectivity index (χ4n) is 3.35. The second-order valence-electron chi connectivity index (χ2n) is 6.86. The molecule has 3 aromatic rings. The van der Waals surface area contributed by atoms with Crippen LogP contribution in [0.3, 0.4) is 0 Å². The summed E-state index contributed by atoms with van der Waals surface area (Å²) in [5, 5.41) is 4.37. The Kier molecular flexibility index (Phi) is 5.22. The Hall–Kier alpha value is -2.23. The minimum absolute atomic E-state index is 0.243. The van der Waals surface area contributed by atoms with E-state index in [1.54, 1.807) is 28.9 Å². The molecule has 1 saturated heterocycles. The first kappa shape index (κ1) is 19.1. The molecule has 0 amide bonds. The Morgan fingerprint density at radius 2 is 2.00 bits per heavy atom. The summed E-state index contributed by atoms with van der Waals surface area (Å²) in [6, 6.07) is 10.0. The van der Waals surface area contributed by atoms with Crippen LogP contribution in [0.2, 0.25) is 0 Å². The van der Waals surface area contributed by atoms with Gasteiger partial charge in [0.05, 0.1) is 23.6 Å². The van der Waals surface area contributed by atoms with Gasteiger partial charge in [0.1, 0.15) is 16.5 Å². The molecule has 0 spiro atoms. The third-order valence-electron chi connectivity index (χ3n) is 4.87. The quantitative estimate of drug-likeness (QED) is 0.685. The summed E-state index contributed by atoms with van der Waals surface area (Å²) in [5.74, 6) is 0.785. The van der Waals surface area contributed by atoms with Crippen molar-refractivity contribution in [1.82, 2.24) is 14.3 Å². The number of rotatable bonds is 5. The Bertz CT molecular complexity index is 1090. The number of anilines is 1. The van der Waals surface area contributed by atoms with Crippen molar-refractivity contribution in [3.05, 3.63) is 36.5 Å². The Balaban J connectivity index is 1.49. The van der Waals surface area contributed by atoms with Gasteiger partial charge in [0.2, 0.25) is 10.0 Å². The van der Waals surface area contributed by atoms with Gasteiger partial charge >= 0.3 is 0 Å². The molecule has 9 heteroatoms. The van der Waals surface area contributed by atoms with Crippen LogP contribution in [0.5, 0.6) is 5.75 Å². The van der Waals surface area contributed by atoms with Crippen molar-refractivity contribution < 1.29 is 13.2 Å². The van der Waals surface area contributed by atoms with Crippen molar-refractivity contribution in [3.63, 3.8) is 0 Å². The smallest absolute Gasteiger partial charge is 0.211 e. The fourth-order valence-corrected chi connectivity index (χ4v) is 5.14. The molecule has 1 aromatic carbocycles. The molecule has 0 bridgehead atoms. The third kappa shape index (κ3) is 4.11. The number of ether oxygens (including phenoxy) is 1. The molecule has 1 N–H and O–H groups in total. The second kappa shape index (κ2) is 7.65. The zero-order chi connectivity index (χ0) is 19.7. The standard InChI is InChI=1S/C19H22N4O3S2/c1-26-15-3-4-18-16(12-15)22-19(27-18)17-11-14(5-8-20-17)21-13-6-9-23(10-7-13)28(2,24)25/h3-5,8,11-13H,6-7,9-10H2,1-2H3,(H,20,21). The van der Waals surface area contributed by atoms with Crippen molar-refractivity contribution in [2.45, 2.75) is 18.9 Å². The summed E-state index contributed by atoms with van der Waals surface area (Å²) in [6.45, 7) is 1.10. The van der Waals surface area contributed by atoms with Gasteiger partial charge < -0.3 is 10.1 Å². The predicted molar refractivity (Wildman–Crippen MR) is 112 cm³/mol. The number of fused-ring (bicyclic) bond motifs is 1. The van der Waals surface area contributed by atoms with Crippen molar-refractivity contribution in [2.24, 2.45) is 0 Å². The molecule has 0 aliphatic carbocycles. The number of nitrogens with one attached hydrogen (secondary N) is 1. The molecule has 1 fully saturated rings. The number of piperidine rings is 1. The Labute approximate surface area is 168 Å². The van der Waals surface area contributed by atoms with Gasteiger partial charge in [0.25, 0.3) is 0 Å². The third-order valence-corrected chi connectivity index (χ3v) is 7.23. The average Bonchev–Trinajstić information content (AvgIpc) is 3.11. The highest BCUT2D eigenvalue weighted by Crippen LogP contribution is 2.32. The maximum absolute atomic E-state index is 11.7. The highest BCUT2D eigenvalue weighted by molar-refractivity contribution is 7.88. The monoisotopic (exact) mass is 418 g/mol. The molecule has 148 valence electrons. The summed E-state index contributed by atoms with van der Waals surface area (Å²) < 4.78 is 31.2. The molecule has 4 rings (SSSR count). The van der Waals surface area contributed by atoms with E-state index >= 15 is 0 Å². The molecule has 1 aliphatic heterocycles. The van der Waals surface area contributed by atoms with Gasteiger partial charge in [0.15, 0.2) is 0 Å². The maximum Gasteiger partial charge on any atom is 0.211 e. The number of pyridine rings is 1. The van der Waals surface area contributed by atoms with E-state index in [0.717, 1.165) is 45.2 Å². The van der Waals surface area contributed by atoms with Crippen LogP contribution in [0.1, 0.15) is 12.8 Å². The number of aromatic nitrogens is 2. The van der Waals surface area contributed by atoms with Gasteiger partial charge in [-0.2, -0.15) is 0 Å². The molecule has 7 nitrogen and oxygen atoms in total. The average molecular weight is 419 g/mol. The first-order valence-electron chi connectivity index (χ1n) is 9.05. The van der Waals surface area contributed by atoms with E-state index in [1.165, 1.54) is 6.26 Å². The number of benzene rings is 1. The molecule has 2 aromatic heterocycles. The van der Waals surface area contributed by atoms with Crippen LogP contribution >= 0.6 is 11.3 Å². The van der Waals surface area contributed by atoms with E-state index < -0.39 is 10.0 Å². The summed E-state index contributed by atoms with van der Waals surface area (Å²) in [5.41, 5.74) is 2.69. The van der Waals surface area contributed by atoms with E-state index in [0.29, 0.717) is 13.1 Å². The fraction of sp³-hybridized carbons (Fsp3) is 0.368. The lowest BCUT2D eigenvalue weighted by atomic mass is 10.1. The van der Waals surface area contributed by atoms with Gasteiger partial charge in [-0.1, -0.05) is 0 Å². The van der Waals surface area contributed by atoms with Gasteiger partial charge in [-0.3, -0.25) is 4.98 Å². The van der Waals surface area contributed by atoms with Gasteiger partial charge in [0, 0.05) is 37.1 Å². The highest BCUT2D eigenvalue weighted by atomic mass is 32.2. The van der Waals surface area contributed by atoms with E-state index in [-0.39, 0.29) is 6.04 Å². The predicted octanol–water partition coefficient (Wildman–Crippen LogP) is 3.20. The summed E-state index contributed by atoms with van der Waals surface area (Å²) in [6.07, 6.45) is 4.61. The van der Waals surface area contributed by atoms with Crippen molar-refractivity contribution in [1.29, 1.82) is 0 Å². The van der Waals surface area contributed by atoms with Gasteiger partial charge in [-0.15, -0.1) is 11.3 Å². The largest absolute Gasteiger partial charge is 0.497 e. The van der Waals surface area contributed by atoms with Gasteiger partial charge in [-0.05, 0) is 37.1 Å². The minimum Gasteiger partial charge on any atom is -0.497 e. The molecule has 28 heavy (non-hydrogen) atoms. The molecule has 0 saturated carbocycles. The topological polar surface area (TPSA) is 84.4 Å². The first-order valence-corrected chi connectivity index (χ1v) is 11.7. The maximum atomic E-state index is 11.7. The van der Waals surface area contributed by atoms with Crippen LogP contribution in [0, 0.1) is 0 Å². The minimum atomic E-state index is -3.10. The number of hydrogen-bond acceptors (Lipinski definition) is 7. The molecular weight excluding hydrogens is 396 g/mol. The Morgan fingerprint density at radius 1 is 1.21 bits per heavy atom. The molecular formula is C19H22N4O3S2. The van der Waals surface area contributed by atoms with Crippen LogP contribution in [0.25, 0.3) is 20.9 Å². The summed E-state index contributed by atoms with van der Waals surface area (Å²) in [4.78, 5) is 9.17. The van der Waals surface area contributed by atoms with Crippen LogP contribution in [-0.4, -0.2) is 55.2 Å². The molecule has 0 unspecified atom stereocenters. The normalized spacial score (nSPS) is 16.4. The Morgan fingerprint density at radius 3 is 2.71 bits per heavy atom. The lowest BCUT2D eigenvalue weighted by molar-refractivity contribution is 0.332. The molecule has 1 aliphatic rings. The zero-order valence-corrected chi connectivity index (χ0v) is 17.4. The van der Waals surface area contributed by atoms with E-state index in [2.05, 4.69) is 10.3 Å². The lowest BCUT2D eigenvalue weighted by Crippen LogP contribution is -2.41. The van der Waals surface area contributed by atoms with Crippen molar-refractivity contribution in [2.75, 3.05) is 31.8 Å². The zero-order valence-electron chi connectivity index (χ0n) is 15.8. The van der Waals surface area contributed by atoms with E-state index in [9.17, 15) is 8.42 Å².